The van der Waals surface area contributed by atoms with Crippen molar-refractivity contribution in [2.75, 3.05) is 7.11 Å². The summed E-state index contributed by atoms with van der Waals surface area (Å²) in [6.45, 7) is 0.697. The molecule has 0 aliphatic heterocycles. The number of hydrogen-bond acceptors (Lipinski definition) is 5. The van der Waals surface area contributed by atoms with E-state index < -0.39 is 5.91 Å². The number of carbonyl (C=O) groups is 1. The lowest BCUT2D eigenvalue weighted by Gasteiger charge is -2.12. The first kappa shape index (κ1) is 26.1. The van der Waals surface area contributed by atoms with Gasteiger partial charge in [-0.1, -0.05) is 65.7 Å². The lowest BCUT2D eigenvalue weighted by atomic mass is 10.2. The lowest BCUT2D eigenvalue weighted by molar-refractivity contribution is 0.0954. The lowest BCUT2D eigenvalue weighted by Crippen LogP contribution is -2.17. The van der Waals surface area contributed by atoms with Crippen LogP contribution in [-0.4, -0.2) is 19.2 Å². The molecule has 0 saturated heterocycles. The second-order valence-corrected chi connectivity index (χ2v) is 8.81. The summed E-state index contributed by atoms with van der Waals surface area (Å²) in [6, 6.07) is 27.3. The van der Waals surface area contributed by atoms with E-state index in [0.29, 0.717) is 51.6 Å². The van der Waals surface area contributed by atoms with Gasteiger partial charge >= 0.3 is 0 Å². The van der Waals surface area contributed by atoms with E-state index in [0.717, 1.165) is 11.1 Å². The molecule has 188 valence electrons. The van der Waals surface area contributed by atoms with Crippen LogP contribution in [0, 0.1) is 0 Å². The number of amides is 1. The van der Waals surface area contributed by atoms with Gasteiger partial charge in [0, 0.05) is 21.2 Å². The van der Waals surface area contributed by atoms with E-state index in [1.54, 1.807) is 42.5 Å². The third-order valence-electron chi connectivity index (χ3n) is 5.29. The van der Waals surface area contributed by atoms with E-state index in [1.165, 1.54) is 13.3 Å². The van der Waals surface area contributed by atoms with Crippen LogP contribution < -0.4 is 19.6 Å². The van der Waals surface area contributed by atoms with Crippen LogP contribution in [0.25, 0.3) is 0 Å². The van der Waals surface area contributed by atoms with Crippen LogP contribution in [0.4, 0.5) is 0 Å². The fourth-order valence-corrected chi connectivity index (χ4v) is 3.82. The molecule has 0 aromatic heterocycles. The second kappa shape index (κ2) is 12.8. The van der Waals surface area contributed by atoms with E-state index in [4.69, 9.17) is 37.4 Å². The Morgan fingerprint density at radius 2 is 1.49 bits per heavy atom. The van der Waals surface area contributed by atoms with Crippen LogP contribution >= 0.6 is 23.2 Å². The topological polar surface area (TPSA) is 69.2 Å². The first-order chi connectivity index (χ1) is 18.0. The number of carbonyl (C=O) groups excluding carboxylic acids is 1. The fourth-order valence-electron chi connectivity index (χ4n) is 3.43. The zero-order valence-electron chi connectivity index (χ0n) is 20.0. The molecule has 0 aliphatic rings. The Bertz CT molecular complexity index is 1390. The average Bonchev–Trinajstić information content (AvgIpc) is 2.92. The summed E-state index contributed by atoms with van der Waals surface area (Å²) in [5.74, 6) is 1.13. The largest absolute Gasteiger partial charge is 0.493 e. The molecule has 1 N–H and O–H groups in total. The van der Waals surface area contributed by atoms with Gasteiger partial charge in [0.2, 0.25) is 0 Å². The monoisotopic (exact) mass is 534 g/mol. The van der Waals surface area contributed by atoms with Crippen molar-refractivity contribution in [3.05, 3.63) is 123 Å². The van der Waals surface area contributed by atoms with Gasteiger partial charge in [-0.15, -0.1) is 0 Å². The molecule has 6 nitrogen and oxygen atoms in total. The number of hydrogen-bond donors (Lipinski definition) is 1. The van der Waals surface area contributed by atoms with Crippen molar-refractivity contribution < 1.29 is 19.0 Å². The molecule has 0 aliphatic carbocycles. The van der Waals surface area contributed by atoms with Gasteiger partial charge in [-0.3, -0.25) is 4.79 Å². The Labute approximate surface area is 225 Å². The molecule has 0 unspecified atom stereocenters. The molecule has 0 bridgehead atoms. The van der Waals surface area contributed by atoms with Crippen molar-refractivity contribution in [3.63, 3.8) is 0 Å². The minimum Gasteiger partial charge on any atom is -0.493 e. The quantitative estimate of drug-likeness (QED) is 0.177. The number of methoxy groups -OCH3 is 1. The maximum Gasteiger partial charge on any atom is 0.271 e. The molecular weight excluding hydrogens is 511 g/mol. The fraction of sp³-hybridized carbons (Fsp3) is 0.103. The number of nitrogens with zero attached hydrogens (tertiary/aromatic N) is 1. The van der Waals surface area contributed by atoms with Crippen LogP contribution in [-0.2, 0) is 13.2 Å². The van der Waals surface area contributed by atoms with E-state index in [2.05, 4.69) is 10.5 Å². The van der Waals surface area contributed by atoms with Crippen LogP contribution in [0.1, 0.15) is 27.0 Å². The summed E-state index contributed by atoms with van der Waals surface area (Å²) in [7, 11) is 1.52. The Balaban J connectivity index is 1.40. The number of rotatable bonds is 10. The Kier molecular flexibility index (Phi) is 9.03. The molecular formula is C29H24Cl2N2O4. The van der Waals surface area contributed by atoms with Crippen molar-refractivity contribution in [1.82, 2.24) is 5.43 Å². The minimum absolute atomic E-state index is 0.313. The van der Waals surface area contributed by atoms with Crippen LogP contribution in [0.3, 0.4) is 0 Å². The SMILES string of the molecule is COc1cc(C(=O)N/N=C/c2cc(Cl)ccc2OCc2cccc(Cl)c2)ccc1OCc1ccccc1. The highest BCUT2D eigenvalue weighted by molar-refractivity contribution is 6.31. The molecule has 0 saturated carbocycles. The molecule has 0 radical (unpaired) electrons. The first-order valence-electron chi connectivity index (χ1n) is 11.4. The summed E-state index contributed by atoms with van der Waals surface area (Å²) in [4.78, 5) is 12.7. The minimum atomic E-state index is -0.410. The molecule has 4 aromatic carbocycles. The molecule has 1 amide bonds. The van der Waals surface area contributed by atoms with Crippen molar-refractivity contribution in [2.24, 2.45) is 5.10 Å². The number of hydrazone groups is 1. The highest BCUT2D eigenvalue weighted by Crippen LogP contribution is 2.29. The molecule has 0 fully saturated rings. The zero-order valence-corrected chi connectivity index (χ0v) is 21.5. The molecule has 8 heteroatoms. The average molecular weight is 535 g/mol. The standard InChI is InChI=1S/C29H24Cl2N2O4/c1-35-28-16-22(10-12-27(28)37-18-20-6-3-2-4-7-20)29(34)33-32-17-23-15-25(31)11-13-26(23)36-19-21-8-5-9-24(30)14-21/h2-17H,18-19H2,1H3,(H,33,34)/b32-17+. The van der Waals surface area contributed by atoms with Crippen molar-refractivity contribution >= 4 is 35.3 Å². The Morgan fingerprint density at radius 1 is 0.784 bits per heavy atom. The van der Waals surface area contributed by atoms with Gasteiger partial charge in [-0.05, 0) is 59.7 Å². The third kappa shape index (κ3) is 7.49. The Morgan fingerprint density at radius 3 is 2.27 bits per heavy atom. The highest BCUT2D eigenvalue weighted by Gasteiger charge is 2.11. The molecule has 0 heterocycles. The van der Waals surface area contributed by atoms with E-state index in [1.807, 2.05) is 48.5 Å². The second-order valence-electron chi connectivity index (χ2n) is 7.94. The van der Waals surface area contributed by atoms with Gasteiger partial charge in [0.05, 0.1) is 13.3 Å². The van der Waals surface area contributed by atoms with Crippen molar-refractivity contribution in [1.29, 1.82) is 0 Å². The number of nitrogens with one attached hydrogen (secondary N) is 1. The summed E-state index contributed by atoms with van der Waals surface area (Å²) >= 11 is 12.2. The Hall–Kier alpha value is -4.00. The van der Waals surface area contributed by atoms with Gasteiger partial charge in [0.1, 0.15) is 19.0 Å². The first-order valence-corrected chi connectivity index (χ1v) is 12.1. The van der Waals surface area contributed by atoms with E-state index in [9.17, 15) is 4.79 Å². The van der Waals surface area contributed by atoms with Gasteiger partial charge in [0.25, 0.3) is 5.91 Å². The maximum absolute atomic E-state index is 12.7. The predicted octanol–water partition coefficient (Wildman–Crippen LogP) is 6.92. The van der Waals surface area contributed by atoms with Crippen molar-refractivity contribution in [2.45, 2.75) is 13.2 Å². The molecule has 4 aromatic rings. The van der Waals surface area contributed by atoms with Crippen molar-refractivity contribution in [3.8, 4) is 17.2 Å². The molecule has 37 heavy (non-hydrogen) atoms. The molecule has 0 atom stereocenters. The number of ether oxygens (including phenoxy) is 3. The van der Waals surface area contributed by atoms with E-state index in [-0.39, 0.29) is 0 Å². The predicted molar refractivity (Wildman–Crippen MR) is 146 cm³/mol. The van der Waals surface area contributed by atoms with Crippen LogP contribution in [0.15, 0.2) is 96.1 Å². The molecule has 4 rings (SSSR count). The summed E-state index contributed by atoms with van der Waals surface area (Å²) in [5, 5.41) is 5.23. The molecule has 0 spiro atoms. The van der Waals surface area contributed by atoms with E-state index >= 15 is 0 Å². The van der Waals surface area contributed by atoms with Gasteiger partial charge < -0.3 is 14.2 Å². The third-order valence-corrected chi connectivity index (χ3v) is 5.76. The highest BCUT2D eigenvalue weighted by atomic mass is 35.5. The van der Waals surface area contributed by atoms with Gasteiger partial charge in [-0.2, -0.15) is 5.10 Å². The van der Waals surface area contributed by atoms with Crippen LogP contribution in [0.2, 0.25) is 10.0 Å². The number of benzene rings is 4. The summed E-state index contributed by atoms with van der Waals surface area (Å²) < 4.78 is 17.2. The smallest absolute Gasteiger partial charge is 0.271 e. The zero-order chi connectivity index (χ0) is 26.0. The van der Waals surface area contributed by atoms with Gasteiger partial charge in [-0.25, -0.2) is 5.43 Å². The summed E-state index contributed by atoms with van der Waals surface area (Å²) in [6.07, 6.45) is 1.48. The van der Waals surface area contributed by atoms with Gasteiger partial charge in [0.15, 0.2) is 11.5 Å². The maximum atomic E-state index is 12.7. The number of halogens is 2. The van der Waals surface area contributed by atoms with Crippen LogP contribution in [0.5, 0.6) is 17.2 Å². The summed E-state index contributed by atoms with van der Waals surface area (Å²) in [5.41, 5.74) is 5.44. The normalized spacial score (nSPS) is 10.8.